The molecule has 0 N–H and O–H groups in total. The number of hydrogen-bond acceptors (Lipinski definition) is 3. The molecule has 2 rings (SSSR count). The zero-order chi connectivity index (χ0) is 11.1. The molecule has 2 aromatic heterocycles. The van der Waals surface area contributed by atoms with Crippen molar-refractivity contribution >= 4 is 11.2 Å². The van der Waals surface area contributed by atoms with Gasteiger partial charge in [0.05, 0.1) is 0 Å². The summed E-state index contributed by atoms with van der Waals surface area (Å²) in [5, 5.41) is 0. The maximum Gasteiger partial charge on any atom is 0.246 e. The third-order valence-corrected chi connectivity index (χ3v) is 2.55. The van der Waals surface area contributed by atoms with E-state index in [2.05, 4.69) is 43.7 Å². The predicted molar refractivity (Wildman–Crippen MR) is 59.9 cm³/mol. The second kappa shape index (κ2) is 3.33. The van der Waals surface area contributed by atoms with Crippen molar-refractivity contribution in [3.63, 3.8) is 0 Å². The van der Waals surface area contributed by atoms with Crippen LogP contribution in [0.15, 0.2) is 16.9 Å². The fraction of sp³-hybridized carbons (Fsp3) is 0.500. The summed E-state index contributed by atoms with van der Waals surface area (Å²) in [5.41, 5.74) is 3.95. The van der Waals surface area contributed by atoms with Crippen molar-refractivity contribution in [3.05, 3.63) is 23.7 Å². The van der Waals surface area contributed by atoms with Gasteiger partial charge < -0.3 is 4.42 Å². The highest BCUT2D eigenvalue weighted by Gasteiger charge is 2.20. The number of oxazole rings is 1. The first-order chi connectivity index (χ1) is 7.02. The lowest BCUT2D eigenvalue weighted by atomic mass is 9.85. The van der Waals surface area contributed by atoms with Crippen LogP contribution in [0, 0.1) is 0 Å². The molecule has 0 aliphatic heterocycles. The number of aryl methyl sites for hydroxylation is 1. The predicted octanol–water partition coefficient (Wildman–Crippen LogP) is 3.08. The molecule has 0 radical (unpaired) electrons. The van der Waals surface area contributed by atoms with Crippen molar-refractivity contribution in [2.75, 3.05) is 0 Å². The van der Waals surface area contributed by atoms with E-state index in [9.17, 15) is 0 Å². The van der Waals surface area contributed by atoms with Crippen molar-refractivity contribution in [2.24, 2.45) is 0 Å². The summed E-state index contributed by atoms with van der Waals surface area (Å²) in [6, 6.07) is 2.09. The molecule has 0 aromatic carbocycles. The maximum absolute atomic E-state index is 5.21. The molecule has 0 unspecified atom stereocenters. The first-order valence-corrected chi connectivity index (χ1v) is 5.26. The van der Waals surface area contributed by atoms with Crippen LogP contribution in [-0.2, 0) is 11.8 Å². The lowest BCUT2D eigenvalue weighted by Crippen LogP contribution is -2.15. The van der Waals surface area contributed by atoms with E-state index in [0.29, 0.717) is 5.71 Å². The molecule has 80 valence electrons. The van der Waals surface area contributed by atoms with E-state index in [-0.39, 0.29) is 5.41 Å². The largest absolute Gasteiger partial charge is 0.425 e. The lowest BCUT2D eigenvalue weighted by molar-refractivity contribution is 0.570. The van der Waals surface area contributed by atoms with Gasteiger partial charge in [-0.1, -0.05) is 27.7 Å². The van der Waals surface area contributed by atoms with Crippen LogP contribution in [-0.4, -0.2) is 9.97 Å². The number of pyridine rings is 1. The maximum atomic E-state index is 5.21. The van der Waals surface area contributed by atoms with Gasteiger partial charge in [0.2, 0.25) is 5.71 Å². The average molecular weight is 204 g/mol. The fourth-order valence-corrected chi connectivity index (χ4v) is 1.75. The molecule has 2 aromatic rings. The minimum atomic E-state index is 0.103. The Hall–Kier alpha value is -1.38. The van der Waals surface area contributed by atoms with Gasteiger partial charge in [0.15, 0.2) is 6.39 Å². The van der Waals surface area contributed by atoms with Gasteiger partial charge in [-0.05, 0) is 23.5 Å². The Morgan fingerprint density at radius 3 is 2.67 bits per heavy atom. The van der Waals surface area contributed by atoms with Crippen molar-refractivity contribution in [1.82, 2.24) is 9.97 Å². The molecule has 3 heteroatoms. The van der Waals surface area contributed by atoms with E-state index in [1.807, 2.05) is 0 Å². The highest BCUT2D eigenvalue weighted by Crippen LogP contribution is 2.27. The normalized spacial score (nSPS) is 12.3. The van der Waals surface area contributed by atoms with Crippen LogP contribution in [0.4, 0.5) is 0 Å². The quantitative estimate of drug-likeness (QED) is 0.716. The summed E-state index contributed by atoms with van der Waals surface area (Å²) >= 11 is 0. The van der Waals surface area contributed by atoms with E-state index < -0.39 is 0 Å². The minimum absolute atomic E-state index is 0.103. The summed E-state index contributed by atoms with van der Waals surface area (Å²) in [7, 11) is 0. The first-order valence-electron chi connectivity index (χ1n) is 5.26. The van der Waals surface area contributed by atoms with Gasteiger partial charge in [-0.15, -0.1) is 0 Å². The van der Waals surface area contributed by atoms with Crippen LogP contribution in [0.1, 0.15) is 39.0 Å². The van der Waals surface area contributed by atoms with E-state index in [1.54, 1.807) is 0 Å². The van der Waals surface area contributed by atoms with Crippen LogP contribution in [0.2, 0.25) is 0 Å². The van der Waals surface area contributed by atoms with Gasteiger partial charge in [0.1, 0.15) is 5.52 Å². The van der Waals surface area contributed by atoms with E-state index in [4.69, 9.17) is 4.42 Å². The first kappa shape index (κ1) is 10.1. The third-order valence-electron chi connectivity index (χ3n) is 2.55. The standard InChI is InChI=1S/C12H16N2O/c1-5-9-8(12(2,3)4)6-10-11(14-9)15-7-13-10/h6-7H,5H2,1-4H3. The van der Waals surface area contributed by atoms with Gasteiger partial charge in [0.25, 0.3) is 0 Å². The highest BCUT2D eigenvalue weighted by atomic mass is 16.3. The molecule has 0 spiro atoms. The Balaban J connectivity index is 2.70. The molecular formula is C12H16N2O. The smallest absolute Gasteiger partial charge is 0.246 e. The van der Waals surface area contributed by atoms with Gasteiger partial charge in [-0.2, -0.15) is 0 Å². The van der Waals surface area contributed by atoms with Gasteiger partial charge in [-0.25, -0.2) is 9.97 Å². The molecule has 0 saturated carbocycles. The van der Waals surface area contributed by atoms with Crippen LogP contribution >= 0.6 is 0 Å². The van der Waals surface area contributed by atoms with E-state index in [1.165, 1.54) is 12.0 Å². The van der Waals surface area contributed by atoms with Gasteiger partial charge in [-0.3, -0.25) is 0 Å². The monoisotopic (exact) mass is 204 g/mol. The second-order valence-corrected chi connectivity index (χ2v) is 4.76. The van der Waals surface area contributed by atoms with Crippen LogP contribution in [0.5, 0.6) is 0 Å². The number of rotatable bonds is 1. The molecule has 15 heavy (non-hydrogen) atoms. The summed E-state index contributed by atoms with van der Waals surface area (Å²) < 4.78 is 5.21. The van der Waals surface area contributed by atoms with Crippen molar-refractivity contribution in [2.45, 2.75) is 39.5 Å². The van der Waals surface area contributed by atoms with Crippen molar-refractivity contribution in [1.29, 1.82) is 0 Å². The summed E-state index contributed by atoms with van der Waals surface area (Å²) in [6.07, 6.45) is 2.37. The molecule has 0 atom stereocenters. The van der Waals surface area contributed by atoms with Crippen LogP contribution < -0.4 is 0 Å². The number of aromatic nitrogens is 2. The Kier molecular flexibility index (Phi) is 2.25. The minimum Gasteiger partial charge on any atom is -0.425 e. The molecular weight excluding hydrogens is 188 g/mol. The lowest BCUT2D eigenvalue weighted by Gasteiger charge is -2.21. The Labute approximate surface area is 89.5 Å². The molecule has 0 aliphatic rings. The molecule has 0 saturated heterocycles. The van der Waals surface area contributed by atoms with Crippen molar-refractivity contribution < 1.29 is 4.42 Å². The molecule has 2 heterocycles. The molecule has 3 nitrogen and oxygen atoms in total. The van der Waals surface area contributed by atoms with Gasteiger partial charge >= 0.3 is 0 Å². The van der Waals surface area contributed by atoms with E-state index in [0.717, 1.165) is 17.6 Å². The summed E-state index contributed by atoms with van der Waals surface area (Å²) in [5.74, 6) is 0. The van der Waals surface area contributed by atoms with Crippen LogP contribution in [0.3, 0.4) is 0 Å². The summed E-state index contributed by atoms with van der Waals surface area (Å²) in [6.45, 7) is 8.68. The Morgan fingerprint density at radius 1 is 1.33 bits per heavy atom. The van der Waals surface area contributed by atoms with Crippen molar-refractivity contribution in [3.8, 4) is 0 Å². The Morgan fingerprint density at radius 2 is 2.07 bits per heavy atom. The SMILES string of the molecule is CCc1nc2ocnc2cc1C(C)(C)C. The highest BCUT2D eigenvalue weighted by molar-refractivity contribution is 5.69. The fourth-order valence-electron chi connectivity index (χ4n) is 1.75. The molecule has 0 bridgehead atoms. The molecule has 0 aliphatic carbocycles. The Bertz CT molecular complexity index is 480. The number of nitrogens with zero attached hydrogens (tertiary/aromatic N) is 2. The average Bonchev–Trinajstić information content (AvgIpc) is 2.60. The topological polar surface area (TPSA) is 38.9 Å². The zero-order valence-corrected chi connectivity index (χ0v) is 9.66. The molecule has 0 fully saturated rings. The van der Waals surface area contributed by atoms with Gasteiger partial charge in [0, 0.05) is 5.69 Å². The second-order valence-electron chi connectivity index (χ2n) is 4.76. The van der Waals surface area contributed by atoms with Crippen LogP contribution in [0.25, 0.3) is 11.2 Å². The molecule has 0 amide bonds. The zero-order valence-electron chi connectivity index (χ0n) is 9.66. The number of fused-ring (bicyclic) bond motifs is 1. The number of hydrogen-bond donors (Lipinski definition) is 0. The van der Waals surface area contributed by atoms with E-state index >= 15 is 0 Å². The summed E-state index contributed by atoms with van der Waals surface area (Å²) in [4.78, 5) is 8.63. The third kappa shape index (κ3) is 1.74.